The molecule has 1 N–H and O–H groups in total. The standard InChI is InChI=1S/C18H30N2O/c1-15-6-4-7-18(14-15)21-13-5-12-20(3)17-10-8-16(19-2)9-11-17/h4,6-7,14,16-17,19H,5,8-13H2,1-3H3. The third kappa shape index (κ3) is 5.33. The predicted octanol–water partition coefficient (Wildman–Crippen LogP) is 3.23. The van der Waals surface area contributed by atoms with Gasteiger partial charge in [0.2, 0.25) is 0 Å². The summed E-state index contributed by atoms with van der Waals surface area (Å²) in [6.45, 7) is 4.03. The van der Waals surface area contributed by atoms with Gasteiger partial charge < -0.3 is 15.0 Å². The SMILES string of the molecule is CNC1CCC(N(C)CCCOc2cccc(C)c2)CC1. The first kappa shape index (κ1) is 16.3. The Morgan fingerprint density at radius 1 is 1.24 bits per heavy atom. The molecule has 0 amide bonds. The highest BCUT2D eigenvalue weighted by molar-refractivity contribution is 5.27. The zero-order valence-corrected chi connectivity index (χ0v) is 13.8. The van der Waals surface area contributed by atoms with Gasteiger partial charge >= 0.3 is 0 Å². The van der Waals surface area contributed by atoms with Crippen molar-refractivity contribution >= 4 is 0 Å². The molecule has 1 aromatic carbocycles. The highest BCUT2D eigenvalue weighted by Crippen LogP contribution is 2.22. The normalized spacial score (nSPS) is 22.5. The zero-order valence-electron chi connectivity index (χ0n) is 13.8. The van der Waals surface area contributed by atoms with Crippen molar-refractivity contribution in [2.24, 2.45) is 0 Å². The van der Waals surface area contributed by atoms with Gasteiger partial charge in [-0.3, -0.25) is 0 Å². The number of hydrogen-bond acceptors (Lipinski definition) is 3. The lowest BCUT2D eigenvalue weighted by Gasteiger charge is -2.34. The second-order valence-corrected chi connectivity index (χ2v) is 6.29. The number of nitrogens with one attached hydrogen (secondary N) is 1. The van der Waals surface area contributed by atoms with Crippen molar-refractivity contribution in [1.29, 1.82) is 0 Å². The monoisotopic (exact) mass is 290 g/mol. The van der Waals surface area contributed by atoms with Crippen LogP contribution in [0, 0.1) is 6.92 Å². The summed E-state index contributed by atoms with van der Waals surface area (Å²) in [5.41, 5.74) is 1.26. The third-order valence-electron chi connectivity index (χ3n) is 4.64. The van der Waals surface area contributed by atoms with Gasteiger partial charge in [-0.1, -0.05) is 12.1 Å². The maximum atomic E-state index is 5.82. The average Bonchev–Trinajstić information content (AvgIpc) is 2.51. The lowest BCUT2D eigenvalue weighted by atomic mass is 9.90. The molecular weight excluding hydrogens is 260 g/mol. The molecule has 0 heterocycles. The molecule has 0 bridgehead atoms. The molecule has 3 nitrogen and oxygen atoms in total. The highest BCUT2D eigenvalue weighted by atomic mass is 16.5. The minimum Gasteiger partial charge on any atom is -0.494 e. The smallest absolute Gasteiger partial charge is 0.119 e. The Hall–Kier alpha value is -1.06. The van der Waals surface area contributed by atoms with Crippen LogP contribution in [0.3, 0.4) is 0 Å². The van der Waals surface area contributed by atoms with Crippen LogP contribution in [0.25, 0.3) is 0 Å². The number of benzene rings is 1. The van der Waals surface area contributed by atoms with Crippen molar-refractivity contribution in [3.63, 3.8) is 0 Å². The van der Waals surface area contributed by atoms with Gasteiger partial charge in [-0.05, 0) is 70.8 Å². The number of rotatable bonds is 7. The van der Waals surface area contributed by atoms with Gasteiger partial charge in [-0.25, -0.2) is 0 Å². The molecule has 2 rings (SSSR count). The Morgan fingerprint density at radius 2 is 2.00 bits per heavy atom. The number of ether oxygens (including phenoxy) is 1. The summed E-state index contributed by atoms with van der Waals surface area (Å²) in [6.07, 6.45) is 6.36. The van der Waals surface area contributed by atoms with E-state index in [0.29, 0.717) is 0 Å². The molecule has 0 spiro atoms. The van der Waals surface area contributed by atoms with Crippen molar-refractivity contribution in [2.45, 2.75) is 51.1 Å². The largest absolute Gasteiger partial charge is 0.494 e. The van der Waals surface area contributed by atoms with Crippen LogP contribution in [0.2, 0.25) is 0 Å². The van der Waals surface area contributed by atoms with Gasteiger partial charge in [0.15, 0.2) is 0 Å². The number of hydrogen-bond donors (Lipinski definition) is 1. The Labute approximate surface area is 129 Å². The van der Waals surface area contributed by atoms with Crippen molar-refractivity contribution in [2.75, 3.05) is 27.2 Å². The fourth-order valence-electron chi connectivity index (χ4n) is 3.20. The third-order valence-corrected chi connectivity index (χ3v) is 4.64. The molecule has 1 aromatic rings. The van der Waals surface area contributed by atoms with E-state index in [1.54, 1.807) is 0 Å². The van der Waals surface area contributed by atoms with Gasteiger partial charge in [-0.15, -0.1) is 0 Å². The summed E-state index contributed by atoms with van der Waals surface area (Å²) < 4.78 is 5.82. The summed E-state index contributed by atoms with van der Waals surface area (Å²) in [5, 5.41) is 3.40. The van der Waals surface area contributed by atoms with E-state index >= 15 is 0 Å². The zero-order chi connectivity index (χ0) is 15.1. The van der Waals surface area contributed by atoms with Gasteiger partial charge in [-0.2, -0.15) is 0 Å². The minimum absolute atomic E-state index is 0.735. The Balaban J connectivity index is 1.62. The predicted molar refractivity (Wildman–Crippen MR) is 89.0 cm³/mol. The van der Waals surface area contributed by atoms with E-state index in [4.69, 9.17) is 4.74 Å². The molecule has 0 saturated heterocycles. The van der Waals surface area contributed by atoms with Crippen LogP contribution in [0.1, 0.15) is 37.7 Å². The molecular formula is C18H30N2O. The second kappa shape index (κ2) is 8.40. The molecule has 118 valence electrons. The fourth-order valence-corrected chi connectivity index (χ4v) is 3.20. The first-order chi connectivity index (χ1) is 10.2. The minimum atomic E-state index is 0.735. The van der Waals surface area contributed by atoms with E-state index in [1.807, 2.05) is 6.07 Å². The van der Waals surface area contributed by atoms with Crippen LogP contribution in [0.15, 0.2) is 24.3 Å². The van der Waals surface area contributed by atoms with E-state index in [-0.39, 0.29) is 0 Å². The summed E-state index contributed by atoms with van der Waals surface area (Å²) in [6, 6.07) is 9.78. The summed E-state index contributed by atoms with van der Waals surface area (Å²) in [7, 11) is 4.34. The molecule has 3 heteroatoms. The molecule has 0 aromatic heterocycles. The fraction of sp³-hybridized carbons (Fsp3) is 0.667. The van der Waals surface area contributed by atoms with E-state index in [9.17, 15) is 0 Å². The molecule has 1 aliphatic carbocycles. The first-order valence-corrected chi connectivity index (χ1v) is 8.26. The molecule has 21 heavy (non-hydrogen) atoms. The van der Waals surface area contributed by atoms with Crippen molar-refractivity contribution in [3.8, 4) is 5.75 Å². The van der Waals surface area contributed by atoms with Crippen LogP contribution >= 0.6 is 0 Å². The molecule has 0 radical (unpaired) electrons. The quantitative estimate of drug-likeness (QED) is 0.780. The lowest BCUT2D eigenvalue weighted by molar-refractivity contribution is 0.165. The van der Waals surface area contributed by atoms with Gasteiger partial charge in [0.05, 0.1) is 6.61 Å². The van der Waals surface area contributed by atoms with Gasteiger partial charge in [0, 0.05) is 18.6 Å². The number of nitrogens with zero attached hydrogens (tertiary/aromatic N) is 1. The van der Waals surface area contributed by atoms with Crippen molar-refractivity contribution in [3.05, 3.63) is 29.8 Å². The summed E-state index contributed by atoms with van der Waals surface area (Å²) in [4.78, 5) is 2.52. The summed E-state index contributed by atoms with van der Waals surface area (Å²) in [5.74, 6) is 0.993. The molecule has 0 unspecified atom stereocenters. The maximum absolute atomic E-state index is 5.82. The van der Waals surface area contributed by atoms with Crippen LogP contribution in [-0.4, -0.2) is 44.2 Å². The topological polar surface area (TPSA) is 24.5 Å². The van der Waals surface area contributed by atoms with E-state index in [0.717, 1.165) is 37.4 Å². The Kier molecular flexibility index (Phi) is 6.52. The van der Waals surface area contributed by atoms with E-state index < -0.39 is 0 Å². The average molecular weight is 290 g/mol. The van der Waals surface area contributed by atoms with Gasteiger partial charge in [0.1, 0.15) is 5.75 Å². The van der Waals surface area contributed by atoms with Crippen LogP contribution < -0.4 is 10.1 Å². The van der Waals surface area contributed by atoms with Crippen LogP contribution in [0.4, 0.5) is 0 Å². The molecule has 1 fully saturated rings. The molecule has 0 aliphatic heterocycles. The van der Waals surface area contributed by atoms with Gasteiger partial charge in [0.25, 0.3) is 0 Å². The van der Waals surface area contributed by atoms with Crippen molar-refractivity contribution in [1.82, 2.24) is 10.2 Å². The van der Waals surface area contributed by atoms with Crippen LogP contribution in [-0.2, 0) is 0 Å². The van der Waals surface area contributed by atoms with E-state index in [1.165, 1.54) is 31.2 Å². The van der Waals surface area contributed by atoms with Crippen LogP contribution in [0.5, 0.6) is 5.75 Å². The van der Waals surface area contributed by atoms with Crippen molar-refractivity contribution < 1.29 is 4.74 Å². The Bertz CT molecular complexity index is 413. The summed E-state index contributed by atoms with van der Waals surface area (Å²) >= 11 is 0. The highest BCUT2D eigenvalue weighted by Gasteiger charge is 2.22. The first-order valence-electron chi connectivity index (χ1n) is 8.26. The molecule has 1 saturated carbocycles. The molecule has 1 aliphatic rings. The second-order valence-electron chi connectivity index (χ2n) is 6.29. The lowest BCUT2D eigenvalue weighted by Crippen LogP contribution is -2.40. The van der Waals surface area contributed by atoms with E-state index in [2.05, 4.69) is 49.4 Å². The number of aryl methyl sites for hydroxylation is 1. The maximum Gasteiger partial charge on any atom is 0.119 e. The Morgan fingerprint density at radius 3 is 2.67 bits per heavy atom. The molecule has 0 atom stereocenters.